The van der Waals surface area contributed by atoms with Gasteiger partial charge in [-0.1, -0.05) is 44.2 Å². The molecule has 0 saturated heterocycles. The fraction of sp³-hybridized carbons (Fsp3) is 0.381. The van der Waals surface area contributed by atoms with Crippen molar-refractivity contribution in [1.82, 2.24) is 5.32 Å². The predicted octanol–water partition coefficient (Wildman–Crippen LogP) is 4.15. The molecule has 0 bridgehead atoms. The van der Waals surface area contributed by atoms with Gasteiger partial charge in [0, 0.05) is 6.42 Å². The van der Waals surface area contributed by atoms with Crippen LogP contribution in [0.2, 0.25) is 0 Å². The third-order valence-electron chi connectivity index (χ3n) is 4.25. The summed E-state index contributed by atoms with van der Waals surface area (Å²) >= 11 is 0. The lowest BCUT2D eigenvalue weighted by Gasteiger charge is -2.23. The second-order valence-electron chi connectivity index (χ2n) is 6.38. The lowest BCUT2D eigenvalue weighted by molar-refractivity contribution is -0.122. The zero-order chi connectivity index (χ0) is 18.2. The Morgan fingerprint density at radius 3 is 2.36 bits per heavy atom. The summed E-state index contributed by atoms with van der Waals surface area (Å²) in [5.74, 6) is 1.89. The predicted molar refractivity (Wildman–Crippen MR) is 100 cm³/mol. The van der Waals surface area contributed by atoms with Gasteiger partial charge in [0.05, 0.1) is 20.3 Å². The summed E-state index contributed by atoms with van der Waals surface area (Å²) in [6.45, 7) is 4.23. The van der Waals surface area contributed by atoms with Gasteiger partial charge < -0.3 is 14.8 Å². The van der Waals surface area contributed by atoms with E-state index in [4.69, 9.17) is 9.47 Å². The van der Waals surface area contributed by atoms with Crippen LogP contribution in [0.25, 0.3) is 0 Å². The highest BCUT2D eigenvalue weighted by Crippen LogP contribution is 2.26. The molecular weight excluding hydrogens is 314 g/mol. The number of carbonyl (C=O) groups excluding carboxylic acids is 1. The van der Waals surface area contributed by atoms with Crippen LogP contribution in [-0.4, -0.2) is 20.1 Å². The lowest BCUT2D eigenvalue weighted by atomic mass is 9.95. The molecule has 2 aromatic rings. The van der Waals surface area contributed by atoms with Crippen LogP contribution in [0.4, 0.5) is 0 Å². The molecular formula is C21H27NO3. The number of hydrogen-bond donors (Lipinski definition) is 1. The first-order chi connectivity index (χ1) is 12.0. The molecule has 0 fully saturated rings. The SMILES string of the molecule is COc1ccc(OC)c(CCC(=O)NC(c2ccccc2)C(C)C)c1. The molecule has 0 spiro atoms. The van der Waals surface area contributed by atoms with Gasteiger partial charge in [-0.25, -0.2) is 0 Å². The summed E-state index contributed by atoms with van der Waals surface area (Å²) in [7, 11) is 3.26. The third-order valence-corrected chi connectivity index (χ3v) is 4.25. The number of nitrogens with one attached hydrogen (secondary N) is 1. The minimum atomic E-state index is 0.0147. The Kier molecular flexibility index (Phi) is 6.87. The van der Waals surface area contributed by atoms with E-state index in [0.29, 0.717) is 18.8 Å². The summed E-state index contributed by atoms with van der Waals surface area (Å²) in [4.78, 5) is 12.5. The van der Waals surface area contributed by atoms with Crippen molar-refractivity contribution >= 4 is 5.91 Å². The van der Waals surface area contributed by atoms with Gasteiger partial charge in [-0.05, 0) is 41.7 Å². The Labute approximate surface area is 150 Å². The fourth-order valence-corrected chi connectivity index (χ4v) is 2.87. The minimum Gasteiger partial charge on any atom is -0.497 e. The highest BCUT2D eigenvalue weighted by Gasteiger charge is 2.18. The Morgan fingerprint density at radius 1 is 1.04 bits per heavy atom. The van der Waals surface area contributed by atoms with Crippen LogP contribution < -0.4 is 14.8 Å². The second-order valence-corrected chi connectivity index (χ2v) is 6.38. The van der Waals surface area contributed by atoms with Crippen molar-refractivity contribution in [2.75, 3.05) is 14.2 Å². The van der Waals surface area contributed by atoms with Crippen molar-refractivity contribution in [2.24, 2.45) is 5.92 Å². The number of benzene rings is 2. The maximum atomic E-state index is 12.5. The number of carbonyl (C=O) groups is 1. The second kappa shape index (κ2) is 9.11. The van der Waals surface area contributed by atoms with Gasteiger partial charge in [-0.2, -0.15) is 0 Å². The first-order valence-electron chi connectivity index (χ1n) is 8.60. The maximum absolute atomic E-state index is 12.5. The maximum Gasteiger partial charge on any atom is 0.220 e. The number of aryl methyl sites for hydroxylation is 1. The van der Waals surface area contributed by atoms with Gasteiger partial charge in [0.25, 0.3) is 0 Å². The van der Waals surface area contributed by atoms with Crippen molar-refractivity contribution in [2.45, 2.75) is 32.7 Å². The molecule has 1 atom stereocenters. The van der Waals surface area contributed by atoms with Crippen molar-refractivity contribution in [3.8, 4) is 11.5 Å². The van der Waals surface area contributed by atoms with Crippen LogP contribution in [-0.2, 0) is 11.2 Å². The third kappa shape index (κ3) is 5.24. The summed E-state index contributed by atoms with van der Waals surface area (Å²) in [6, 6.07) is 15.7. The molecule has 0 aliphatic rings. The number of ether oxygens (including phenoxy) is 2. The fourth-order valence-electron chi connectivity index (χ4n) is 2.87. The normalized spacial score (nSPS) is 11.9. The highest BCUT2D eigenvalue weighted by atomic mass is 16.5. The molecule has 0 aliphatic carbocycles. The summed E-state index contributed by atoms with van der Waals surface area (Å²) in [5.41, 5.74) is 2.10. The number of methoxy groups -OCH3 is 2. The van der Waals surface area contributed by atoms with Crippen molar-refractivity contribution in [3.05, 3.63) is 59.7 Å². The minimum absolute atomic E-state index is 0.0147. The summed E-state index contributed by atoms with van der Waals surface area (Å²) < 4.78 is 10.6. The zero-order valence-corrected chi connectivity index (χ0v) is 15.4. The number of amides is 1. The zero-order valence-electron chi connectivity index (χ0n) is 15.4. The molecule has 4 heteroatoms. The first kappa shape index (κ1) is 18.8. The van der Waals surface area contributed by atoms with Crippen molar-refractivity contribution in [3.63, 3.8) is 0 Å². The average molecular weight is 341 g/mol. The van der Waals surface area contributed by atoms with Crippen LogP contribution in [0.15, 0.2) is 48.5 Å². The van der Waals surface area contributed by atoms with Gasteiger partial charge in [-0.15, -0.1) is 0 Å². The van der Waals surface area contributed by atoms with E-state index in [1.807, 2.05) is 36.4 Å². The van der Waals surface area contributed by atoms with Crippen LogP contribution in [0.1, 0.15) is 37.4 Å². The molecule has 0 heterocycles. The van der Waals surface area contributed by atoms with E-state index in [9.17, 15) is 4.79 Å². The van der Waals surface area contributed by atoms with Gasteiger partial charge in [-0.3, -0.25) is 4.79 Å². The average Bonchev–Trinajstić information content (AvgIpc) is 2.64. The van der Waals surface area contributed by atoms with E-state index in [-0.39, 0.29) is 11.9 Å². The molecule has 2 rings (SSSR count). The summed E-state index contributed by atoms with van der Waals surface area (Å²) in [6.07, 6.45) is 1.01. The van der Waals surface area contributed by atoms with E-state index in [1.54, 1.807) is 14.2 Å². The van der Waals surface area contributed by atoms with Crippen molar-refractivity contribution < 1.29 is 14.3 Å². The Bertz CT molecular complexity index is 683. The van der Waals surface area contributed by atoms with Gasteiger partial charge in [0.1, 0.15) is 11.5 Å². The van der Waals surface area contributed by atoms with Gasteiger partial charge in [0.15, 0.2) is 0 Å². The summed E-state index contributed by atoms with van der Waals surface area (Å²) in [5, 5.41) is 3.16. The van der Waals surface area contributed by atoms with Crippen LogP contribution in [0.5, 0.6) is 11.5 Å². The van der Waals surface area contributed by atoms with Crippen LogP contribution in [0, 0.1) is 5.92 Å². The Hall–Kier alpha value is -2.49. The molecule has 1 N–H and O–H groups in total. The van der Waals surface area contributed by atoms with E-state index >= 15 is 0 Å². The van der Waals surface area contributed by atoms with Gasteiger partial charge >= 0.3 is 0 Å². The molecule has 0 saturated carbocycles. The smallest absolute Gasteiger partial charge is 0.220 e. The standard InChI is InChI=1S/C21H27NO3/c1-15(2)21(16-8-6-5-7-9-16)22-20(23)13-10-17-14-18(24-3)11-12-19(17)25-4/h5-9,11-12,14-15,21H,10,13H2,1-4H3,(H,22,23). The molecule has 134 valence electrons. The lowest BCUT2D eigenvalue weighted by Crippen LogP contribution is -2.31. The molecule has 0 radical (unpaired) electrons. The number of rotatable bonds is 8. The first-order valence-corrected chi connectivity index (χ1v) is 8.60. The largest absolute Gasteiger partial charge is 0.497 e. The topological polar surface area (TPSA) is 47.6 Å². The molecule has 0 aromatic heterocycles. The Balaban J connectivity index is 2.02. The Morgan fingerprint density at radius 2 is 1.76 bits per heavy atom. The van der Waals surface area contributed by atoms with Gasteiger partial charge in [0.2, 0.25) is 5.91 Å². The molecule has 2 aromatic carbocycles. The highest BCUT2D eigenvalue weighted by molar-refractivity contribution is 5.77. The van der Waals surface area contributed by atoms with Crippen LogP contribution in [0.3, 0.4) is 0 Å². The van der Waals surface area contributed by atoms with Crippen molar-refractivity contribution in [1.29, 1.82) is 0 Å². The van der Waals surface area contributed by atoms with Crippen LogP contribution >= 0.6 is 0 Å². The van der Waals surface area contributed by atoms with E-state index in [0.717, 1.165) is 22.6 Å². The van der Waals surface area contributed by atoms with E-state index in [1.165, 1.54) is 0 Å². The monoisotopic (exact) mass is 341 g/mol. The van der Waals surface area contributed by atoms with E-state index in [2.05, 4.69) is 31.3 Å². The van der Waals surface area contributed by atoms with E-state index < -0.39 is 0 Å². The quantitative estimate of drug-likeness (QED) is 0.784. The molecule has 1 amide bonds. The molecule has 1 unspecified atom stereocenters. The molecule has 4 nitrogen and oxygen atoms in total. The molecule has 25 heavy (non-hydrogen) atoms. The molecule has 0 aliphatic heterocycles. The number of hydrogen-bond acceptors (Lipinski definition) is 3.